The summed E-state index contributed by atoms with van der Waals surface area (Å²) in [6.07, 6.45) is 0. The average Bonchev–Trinajstić information content (AvgIpc) is 3.27. The summed E-state index contributed by atoms with van der Waals surface area (Å²) in [7, 11) is 0. The van der Waals surface area contributed by atoms with Crippen LogP contribution in [-0.2, 0) is 32.2 Å². The zero-order chi connectivity index (χ0) is 21.3. The van der Waals surface area contributed by atoms with E-state index in [1.54, 1.807) is 0 Å². The minimum absolute atomic E-state index is 0.124. The highest BCUT2D eigenvalue weighted by molar-refractivity contribution is 6.36. The van der Waals surface area contributed by atoms with Crippen molar-refractivity contribution in [3.8, 4) is 0 Å². The van der Waals surface area contributed by atoms with Gasteiger partial charge in [-0.05, 0) is 24.5 Å². The van der Waals surface area contributed by atoms with Crippen LogP contribution in [0.15, 0.2) is 42.5 Å². The van der Waals surface area contributed by atoms with Gasteiger partial charge in [0, 0.05) is 28.9 Å². The van der Waals surface area contributed by atoms with E-state index in [-0.39, 0.29) is 23.8 Å². The highest BCUT2D eigenvalue weighted by Gasteiger charge is 2.32. The molecule has 6 heteroatoms. The van der Waals surface area contributed by atoms with Crippen molar-refractivity contribution >= 4 is 28.9 Å². The van der Waals surface area contributed by atoms with Gasteiger partial charge in [0.1, 0.15) is 18.4 Å². The van der Waals surface area contributed by atoms with Crippen molar-refractivity contribution in [2.45, 2.75) is 40.0 Å². The van der Waals surface area contributed by atoms with Crippen LogP contribution < -0.4 is 10.6 Å². The van der Waals surface area contributed by atoms with Gasteiger partial charge >= 0.3 is 5.97 Å². The van der Waals surface area contributed by atoms with Gasteiger partial charge in [0.15, 0.2) is 0 Å². The number of ether oxygens (including phenoxy) is 2. The highest BCUT2D eigenvalue weighted by Crippen LogP contribution is 2.41. The van der Waals surface area contributed by atoms with Gasteiger partial charge in [0.2, 0.25) is 0 Å². The van der Waals surface area contributed by atoms with E-state index in [2.05, 4.69) is 16.7 Å². The molecule has 30 heavy (non-hydrogen) atoms. The van der Waals surface area contributed by atoms with E-state index in [1.807, 2.05) is 57.2 Å². The van der Waals surface area contributed by atoms with E-state index in [9.17, 15) is 9.59 Å². The lowest BCUT2D eigenvalue weighted by atomic mass is 9.98. The Labute approximate surface area is 176 Å². The zero-order valence-electron chi connectivity index (χ0n) is 17.5. The first kappa shape index (κ1) is 20.2. The number of hydrogen-bond acceptors (Lipinski definition) is 5. The summed E-state index contributed by atoms with van der Waals surface area (Å²) in [5.74, 6) is 0.381. The average molecular weight is 406 g/mol. The number of fused-ring (bicyclic) bond motifs is 2. The monoisotopic (exact) mass is 406 g/mol. The molecule has 1 unspecified atom stereocenters. The Morgan fingerprint density at radius 1 is 1.20 bits per heavy atom. The van der Waals surface area contributed by atoms with Gasteiger partial charge in [0.05, 0.1) is 12.2 Å². The van der Waals surface area contributed by atoms with Crippen molar-refractivity contribution in [2.75, 3.05) is 11.9 Å². The van der Waals surface area contributed by atoms with Gasteiger partial charge in [-0.3, -0.25) is 9.59 Å². The van der Waals surface area contributed by atoms with Crippen molar-refractivity contribution in [3.05, 3.63) is 64.7 Å². The third kappa shape index (κ3) is 3.71. The largest absolute Gasteiger partial charge is 0.487 e. The minimum Gasteiger partial charge on any atom is -0.487 e. The van der Waals surface area contributed by atoms with Crippen LogP contribution in [0, 0.1) is 5.92 Å². The van der Waals surface area contributed by atoms with E-state index >= 15 is 0 Å². The predicted octanol–water partition coefficient (Wildman–Crippen LogP) is 3.71. The van der Waals surface area contributed by atoms with E-state index < -0.39 is 0 Å². The molecule has 0 aromatic heterocycles. The molecule has 0 bridgehead atoms. The molecular weight excluding hydrogens is 380 g/mol. The second-order valence-corrected chi connectivity index (χ2v) is 7.84. The van der Waals surface area contributed by atoms with Crippen LogP contribution in [0.4, 0.5) is 5.69 Å². The molecule has 2 aromatic rings. The van der Waals surface area contributed by atoms with Crippen molar-refractivity contribution < 1.29 is 19.1 Å². The number of carbonyl (C=O) groups is 2. The van der Waals surface area contributed by atoms with E-state index in [1.165, 1.54) is 0 Å². The van der Waals surface area contributed by atoms with Crippen LogP contribution in [0.5, 0.6) is 0 Å². The normalized spacial score (nSPS) is 17.9. The van der Waals surface area contributed by atoms with E-state index in [0.717, 1.165) is 27.9 Å². The molecule has 0 saturated heterocycles. The van der Waals surface area contributed by atoms with Crippen molar-refractivity contribution in [2.24, 2.45) is 5.92 Å². The Kier molecular flexibility index (Phi) is 5.59. The van der Waals surface area contributed by atoms with Gasteiger partial charge in [-0.1, -0.05) is 50.2 Å². The first-order valence-corrected chi connectivity index (χ1v) is 10.3. The Hall–Kier alpha value is -3.12. The molecule has 2 aromatic carbocycles. The van der Waals surface area contributed by atoms with Crippen LogP contribution in [0.25, 0.3) is 11.3 Å². The summed E-state index contributed by atoms with van der Waals surface area (Å²) in [6, 6.07) is 13.3. The fraction of sp³-hybridized carbons (Fsp3) is 0.333. The quantitative estimate of drug-likeness (QED) is 0.565. The molecule has 0 fully saturated rings. The number of para-hydroxylation sites is 1. The first-order chi connectivity index (χ1) is 14.5. The molecule has 2 aliphatic rings. The molecule has 156 valence electrons. The maximum atomic E-state index is 12.6. The standard InChI is InChI=1S/C24H26N2O4/c1-4-29-24(28)21(14(2)3)25-12-15-9-10-17-16(11-15)13-30-22(17)20-18-7-5-6-8-19(18)26-23(20)27/h5-11,14,21,25H,4,12-13H2,1-3H3,(H,26,27). The molecule has 1 amide bonds. The molecule has 1 atom stereocenters. The fourth-order valence-electron chi connectivity index (χ4n) is 3.93. The van der Waals surface area contributed by atoms with Gasteiger partial charge in [-0.25, -0.2) is 0 Å². The minimum atomic E-state index is -0.356. The second-order valence-electron chi connectivity index (χ2n) is 7.84. The SMILES string of the molecule is CCOC(=O)C(NCc1ccc2c(c1)COC2=C1C(=O)Nc2ccccc21)C(C)C. The van der Waals surface area contributed by atoms with Crippen LogP contribution in [-0.4, -0.2) is 24.5 Å². The number of carbonyl (C=O) groups excluding carboxylic acids is 2. The summed E-state index contributed by atoms with van der Waals surface area (Å²) in [5, 5.41) is 6.21. The van der Waals surface area contributed by atoms with Crippen LogP contribution in [0.3, 0.4) is 0 Å². The predicted molar refractivity (Wildman–Crippen MR) is 115 cm³/mol. The van der Waals surface area contributed by atoms with Crippen molar-refractivity contribution in [1.29, 1.82) is 0 Å². The number of rotatable bonds is 6. The molecule has 0 saturated carbocycles. The molecule has 2 aliphatic heterocycles. The summed E-state index contributed by atoms with van der Waals surface area (Å²) in [6.45, 7) is 7.13. The number of hydrogen-bond donors (Lipinski definition) is 2. The molecule has 2 heterocycles. The smallest absolute Gasteiger partial charge is 0.323 e. The molecule has 0 radical (unpaired) electrons. The maximum absolute atomic E-state index is 12.6. The number of esters is 1. The summed E-state index contributed by atoms with van der Waals surface area (Å²) >= 11 is 0. The zero-order valence-corrected chi connectivity index (χ0v) is 17.5. The highest BCUT2D eigenvalue weighted by atomic mass is 16.5. The lowest BCUT2D eigenvalue weighted by Crippen LogP contribution is -2.41. The van der Waals surface area contributed by atoms with E-state index in [0.29, 0.717) is 31.1 Å². The molecule has 6 nitrogen and oxygen atoms in total. The molecule has 4 rings (SSSR count). The molecular formula is C24H26N2O4. The summed E-state index contributed by atoms with van der Waals surface area (Å²) < 4.78 is 11.1. The van der Waals surface area contributed by atoms with Gasteiger partial charge < -0.3 is 20.1 Å². The Bertz CT molecular complexity index is 1030. The van der Waals surface area contributed by atoms with Crippen LogP contribution in [0.2, 0.25) is 0 Å². The number of benzene rings is 2. The third-order valence-corrected chi connectivity index (χ3v) is 5.42. The maximum Gasteiger partial charge on any atom is 0.323 e. The Morgan fingerprint density at radius 2 is 2.00 bits per heavy atom. The lowest BCUT2D eigenvalue weighted by molar-refractivity contribution is -0.146. The van der Waals surface area contributed by atoms with Gasteiger partial charge in [0.25, 0.3) is 5.91 Å². The topological polar surface area (TPSA) is 76.7 Å². The summed E-state index contributed by atoms with van der Waals surface area (Å²) in [4.78, 5) is 24.7. The van der Waals surface area contributed by atoms with Crippen molar-refractivity contribution in [1.82, 2.24) is 5.32 Å². The van der Waals surface area contributed by atoms with Crippen LogP contribution in [0.1, 0.15) is 43.0 Å². The summed E-state index contributed by atoms with van der Waals surface area (Å²) in [5.41, 5.74) is 5.27. The number of anilines is 1. The molecule has 0 spiro atoms. The second kappa shape index (κ2) is 8.32. The van der Waals surface area contributed by atoms with E-state index in [4.69, 9.17) is 9.47 Å². The lowest BCUT2D eigenvalue weighted by Gasteiger charge is -2.20. The molecule has 2 N–H and O–H groups in total. The fourth-order valence-corrected chi connectivity index (χ4v) is 3.93. The number of amides is 1. The molecule has 0 aliphatic carbocycles. The van der Waals surface area contributed by atoms with Gasteiger partial charge in [-0.2, -0.15) is 0 Å². The Morgan fingerprint density at radius 3 is 2.77 bits per heavy atom. The third-order valence-electron chi connectivity index (χ3n) is 5.42. The van der Waals surface area contributed by atoms with Gasteiger partial charge in [-0.15, -0.1) is 0 Å². The number of nitrogens with one attached hydrogen (secondary N) is 2. The Balaban J connectivity index is 1.56. The first-order valence-electron chi connectivity index (χ1n) is 10.3. The van der Waals surface area contributed by atoms with Crippen molar-refractivity contribution in [3.63, 3.8) is 0 Å². The van der Waals surface area contributed by atoms with Crippen LogP contribution >= 0.6 is 0 Å².